The molecule has 1 atom stereocenters. The van der Waals surface area contributed by atoms with Crippen LogP contribution < -0.4 is 19.1 Å². The molecule has 6 rings (SSSR count). The van der Waals surface area contributed by atoms with Gasteiger partial charge in [0, 0.05) is 36.3 Å². The first-order valence-electron chi connectivity index (χ1n) is 13.5. The second-order valence-corrected chi connectivity index (χ2v) is 11.4. The summed E-state index contributed by atoms with van der Waals surface area (Å²) in [6.07, 6.45) is 3.90. The molecule has 5 aromatic rings. The molecule has 0 radical (unpaired) electrons. The second kappa shape index (κ2) is 11.0. The molecule has 3 aromatic heterocycles. The molecule has 0 spiro atoms. The van der Waals surface area contributed by atoms with Gasteiger partial charge in [0.15, 0.2) is 5.76 Å². The van der Waals surface area contributed by atoms with Gasteiger partial charge < -0.3 is 28.3 Å². The summed E-state index contributed by atoms with van der Waals surface area (Å²) in [7, 11) is 3.22. The van der Waals surface area contributed by atoms with Crippen molar-refractivity contribution in [1.82, 2.24) is 14.6 Å². The molecular formula is C30H32N4O6S. The number of hydrogen-bond acceptors (Lipinski definition) is 10. The minimum atomic E-state index is -0.299. The van der Waals surface area contributed by atoms with Crippen LogP contribution >= 0.6 is 11.3 Å². The molecule has 0 bridgehead atoms. The van der Waals surface area contributed by atoms with Crippen LogP contribution in [0.3, 0.4) is 0 Å². The quantitative estimate of drug-likeness (QED) is 0.193. The number of aromatic nitrogens is 3. The van der Waals surface area contributed by atoms with Crippen molar-refractivity contribution in [2.75, 3.05) is 45.4 Å². The van der Waals surface area contributed by atoms with E-state index in [1.54, 1.807) is 18.7 Å². The Hall–Kier alpha value is -4.25. The molecule has 2 aromatic carbocycles. The molecule has 41 heavy (non-hydrogen) atoms. The zero-order valence-corrected chi connectivity index (χ0v) is 24.3. The molecule has 0 amide bonds. The Morgan fingerprint density at radius 1 is 1.15 bits per heavy atom. The zero-order chi connectivity index (χ0) is 28.6. The van der Waals surface area contributed by atoms with Crippen molar-refractivity contribution < 1.29 is 28.2 Å². The maximum Gasteiger partial charge on any atom is 0.338 e. The fraction of sp³-hybridized carbons (Fsp3) is 0.367. The van der Waals surface area contributed by atoms with Gasteiger partial charge in [0.25, 0.3) is 5.19 Å². The monoisotopic (exact) mass is 576 g/mol. The van der Waals surface area contributed by atoms with Crippen molar-refractivity contribution in [2.24, 2.45) is 5.41 Å². The van der Waals surface area contributed by atoms with Gasteiger partial charge in [-0.15, -0.1) is 5.10 Å². The first-order valence-corrected chi connectivity index (χ1v) is 14.4. The van der Waals surface area contributed by atoms with Crippen molar-refractivity contribution in [3.8, 4) is 28.1 Å². The Balaban J connectivity index is 1.21. The maximum absolute atomic E-state index is 12.0. The first-order chi connectivity index (χ1) is 19.9. The summed E-state index contributed by atoms with van der Waals surface area (Å²) in [5.41, 5.74) is 2.90. The minimum absolute atomic E-state index is 0.0843. The van der Waals surface area contributed by atoms with Gasteiger partial charge in [0.05, 0.1) is 44.6 Å². The van der Waals surface area contributed by atoms with Gasteiger partial charge in [0.2, 0.25) is 4.96 Å². The average molecular weight is 577 g/mol. The summed E-state index contributed by atoms with van der Waals surface area (Å²) in [5, 5.41) is 5.76. The predicted octanol–water partition coefficient (Wildman–Crippen LogP) is 6.08. The molecular weight excluding hydrogens is 544 g/mol. The Bertz CT molecular complexity index is 1660. The van der Waals surface area contributed by atoms with Gasteiger partial charge >= 0.3 is 5.97 Å². The minimum Gasteiger partial charge on any atom is -0.496 e. The van der Waals surface area contributed by atoms with E-state index >= 15 is 0 Å². The maximum atomic E-state index is 12.0. The van der Waals surface area contributed by atoms with E-state index in [9.17, 15) is 4.79 Å². The van der Waals surface area contributed by atoms with Crippen LogP contribution in [-0.2, 0) is 4.74 Å². The van der Waals surface area contributed by atoms with E-state index < -0.39 is 0 Å². The fourth-order valence-electron chi connectivity index (χ4n) is 5.26. The Labute approximate surface area is 241 Å². The van der Waals surface area contributed by atoms with Crippen molar-refractivity contribution >= 4 is 38.9 Å². The SMILES string of the molecule is CCOC(=O)c1ccc(N2CCC[C@@](C)(COc3cc(OC)cc4oc(-c5cn6nc(OC)sc6n5)cc34)C2)cc1. The van der Waals surface area contributed by atoms with Crippen LogP contribution in [0, 0.1) is 5.41 Å². The van der Waals surface area contributed by atoms with Crippen molar-refractivity contribution in [3.63, 3.8) is 0 Å². The summed E-state index contributed by atoms with van der Waals surface area (Å²) >= 11 is 1.36. The van der Waals surface area contributed by atoms with E-state index in [2.05, 4.69) is 21.9 Å². The number of carbonyl (C=O) groups is 1. The summed E-state index contributed by atoms with van der Waals surface area (Å²) in [6, 6.07) is 13.3. The lowest BCUT2D eigenvalue weighted by molar-refractivity contribution is 0.0526. The van der Waals surface area contributed by atoms with Crippen LogP contribution in [0.2, 0.25) is 0 Å². The molecule has 1 saturated heterocycles. The smallest absolute Gasteiger partial charge is 0.338 e. The molecule has 0 unspecified atom stereocenters. The fourth-order valence-corrected chi connectivity index (χ4v) is 5.96. The Morgan fingerprint density at radius 2 is 1.98 bits per heavy atom. The molecule has 0 saturated carbocycles. The Kier molecular flexibility index (Phi) is 7.21. The number of nitrogens with zero attached hydrogens (tertiary/aromatic N) is 4. The summed E-state index contributed by atoms with van der Waals surface area (Å²) < 4.78 is 30.3. The average Bonchev–Trinajstić information content (AvgIpc) is 3.69. The van der Waals surface area contributed by atoms with Crippen LogP contribution in [0.4, 0.5) is 5.69 Å². The van der Waals surface area contributed by atoms with Crippen molar-refractivity contribution in [3.05, 3.63) is 54.2 Å². The lowest BCUT2D eigenvalue weighted by Gasteiger charge is -2.41. The third-order valence-corrected chi connectivity index (χ3v) is 8.24. The highest BCUT2D eigenvalue weighted by atomic mass is 32.1. The number of rotatable bonds is 9. The highest BCUT2D eigenvalue weighted by Crippen LogP contribution is 2.39. The molecule has 0 N–H and O–H groups in total. The number of benzene rings is 2. The summed E-state index contributed by atoms with van der Waals surface area (Å²) in [5.74, 6) is 1.68. The molecule has 10 nitrogen and oxygen atoms in total. The van der Waals surface area contributed by atoms with Crippen LogP contribution in [0.25, 0.3) is 27.4 Å². The number of ether oxygens (including phenoxy) is 4. The number of piperidine rings is 1. The molecule has 11 heteroatoms. The number of carbonyl (C=O) groups excluding carboxylic acids is 1. The van der Waals surface area contributed by atoms with Gasteiger partial charge in [0.1, 0.15) is 22.8 Å². The first kappa shape index (κ1) is 26.9. The number of methoxy groups -OCH3 is 2. The number of furan rings is 1. The summed E-state index contributed by atoms with van der Waals surface area (Å²) in [4.78, 5) is 19.8. The standard InChI is InChI=1S/C30H32N4O6S/c1-5-38-27(35)19-7-9-20(10-8-19)33-12-6-11-30(2,17-33)18-39-24-13-21(36-3)14-25-22(24)15-26(40-25)23-16-34-28(31-23)41-29(32-34)37-4/h7-10,13-16H,5-6,11-12,17-18H2,1-4H3/t30-/m1/s1. The van der Waals surface area contributed by atoms with E-state index in [4.69, 9.17) is 23.4 Å². The number of esters is 1. The Morgan fingerprint density at radius 3 is 2.71 bits per heavy atom. The van der Waals surface area contributed by atoms with Gasteiger partial charge in [-0.25, -0.2) is 14.3 Å². The molecule has 1 fully saturated rings. The van der Waals surface area contributed by atoms with E-state index in [1.165, 1.54) is 11.3 Å². The van der Waals surface area contributed by atoms with Crippen molar-refractivity contribution in [2.45, 2.75) is 26.7 Å². The van der Waals surface area contributed by atoms with E-state index in [0.29, 0.717) is 52.5 Å². The number of hydrogen-bond donors (Lipinski definition) is 0. The topological polar surface area (TPSA) is 101 Å². The van der Waals surface area contributed by atoms with Crippen molar-refractivity contribution in [1.29, 1.82) is 0 Å². The van der Waals surface area contributed by atoms with Crippen LogP contribution in [-0.4, -0.2) is 61.1 Å². The van der Waals surface area contributed by atoms with Gasteiger partial charge in [-0.3, -0.25) is 0 Å². The molecule has 1 aliphatic heterocycles. The van der Waals surface area contributed by atoms with Gasteiger partial charge in [-0.2, -0.15) is 0 Å². The van der Waals surface area contributed by atoms with Crippen LogP contribution in [0.5, 0.6) is 16.7 Å². The van der Waals surface area contributed by atoms with Gasteiger partial charge in [-0.05, 0) is 61.4 Å². The third kappa shape index (κ3) is 5.41. The van der Waals surface area contributed by atoms with Gasteiger partial charge in [-0.1, -0.05) is 6.92 Å². The molecule has 1 aliphatic rings. The highest BCUT2D eigenvalue weighted by Gasteiger charge is 2.32. The molecule has 214 valence electrons. The molecule has 4 heterocycles. The third-order valence-electron chi connectivity index (χ3n) is 7.36. The largest absolute Gasteiger partial charge is 0.496 e. The van der Waals surface area contributed by atoms with Crippen LogP contribution in [0.1, 0.15) is 37.0 Å². The zero-order valence-electron chi connectivity index (χ0n) is 23.5. The number of imidazole rings is 1. The number of fused-ring (bicyclic) bond motifs is 2. The van der Waals surface area contributed by atoms with E-state index in [0.717, 1.165) is 42.0 Å². The van der Waals surface area contributed by atoms with E-state index in [1.807, 2.05) is 55.6 Å². The lowest BCUT2D eigenvalue weighted by Crippen LogP contribution is -2.44. The second-order valence-electron chi connectivity index (χ2n) is 10.5. The highest BCUT2D eigenvalue weighted by molar-refractivity contribution is 7.18. The summed E-state index contributed by atoms with van der Waals surface area (Å²) in [6.45, 7) is 6.73. The normalized spacial score (nSPS) is 17.2. The number of anilines is 1. The van der Waals surface area contributed by atoms with Crippen LogP contribution in [0.15, 0.2) is 53.1 Å². The predicted molar refractivity (Wildman–Crippen MR) is 157 cm³/mol. The van der Waals surface area contributed by atoms with E-state index in [-0.39, 0.29) is 11.4 Å². The lowest BCUT2D eigenvalue weighted by atomic mass is 9.82. The molecule has 0 aliphatic carbocycles.